The van der Waals surface area contributed by atoms with Gasteiger partial charge in [0.15, 0.2) is 0 Å². The van der Waals surface area contributed by atoms with Gasteiger partial charge in [-0.2, -0.15) is 9.78 Å². The second kappa shape index (κ2) is 10.3. The molecule has 0 fully saturated rings. The average molecular weight is 491 g/mol. The predicted octanol–water partition coefficient (Wildman–Crippen LogP) is 5.15. The first-order chi connectivity index (χ1) is 18.0. The first kappa shape index (κ1) is 23.7. The maximum atomic E-state index is 13.3. The van der Waals surface area contributed by atoms with E-state index in [0.717, 1.165) is 16.7 Å². The lowest BCUT2D eigenvalue weighted by atomic mass is 9.99. The Hall–Kier alpha value is -4.98. The number of aromatic nitrogens is 4. The van der Waals surface area contributed by atoms with Crippen molar-refractivity contribution in [3.63, 3.8) is 0 Å². The maximum absolute atomic E-state index is 13.3. The molecule has 8 nitrogen and oxygen atoms in total. The highest BCUT2D eigenvalue weighted by molar-refractivity contribution is 5.90. The van der Waals surface area contributed by atoms with Crippen molar-refractivity contribution in [3.8, 4) is 17.2 Å². The second-order valence-corrected chi connectivity index (χ2v) is 8.65. The van der Waals surface area contributed by atoms with Crippen molar-refractivity contribution in [2.24, 2.45) is 0 Å². The van der Waals surface area contributed by atoms with Crippen molar-refractivity contribution in [2.45, 2.75) is 19.9 Å². The molecule has 0 saturated heterocycles. The molecular weight excluding hydrogens is 464 g/mol. The number of carbonyl (C=O) groups excluding carboxylic acids is 1. The van der Waals surface area contributed by atoms with Crippen molar-refractivity contribution in [3.05, 3.63) is 130 Å². The van der Waals surface area contributed by atoms with Gasteiger partial charge >= 0.3 is 6.03 Å². The van der Waals surface area contributed by atoms with Gasteiger partial charge in [0.1, 0.15) is 5.82 Å². The molecule has 3 aromatic carbocycles. The number of hydrogen-bond acceptors (Lipinski definition) is 4. The predicted molar refractivity (Wildman–Crippen MR) is 144 cm³/mol. The van der Waals surface area contributed by atoms with Crippen LogP contribution in [0.3, 0.4) is 0 Å². The first-order valence-corrected chi connectivity index (χ1v) is 11.9. The van der Waals surface area contributed by atoms with Crippen LogP contribution < -0.4 is 16.2 Å². The minimum absolute atomic E-state index is 0.216. The molecule has 3 N–H and O–H groups in total. The van der Waals surface area contributed by atoms with Crippen LogP contribution in [-0.4, -0.2) is 25.8 Å². The fraction of sp³-hybridized carbons (Fsp3) is 0.103. The molecule has 0 aliphatic heterocycles. The number of H-pyrrole nitrogens is 1. The van der Waals surface area contributed by atoms with Gasteiger partial charge in [0.05, 0.1) is 11.7 Å². The van der Waals surface area contributed by atoms with Gasteiger partial charge in [-0.1, -0.05) is 91.0 Å². The van der Waals surface area contributed by atoms with Crippen LogP contribution >= 0.6 is 0 Å². The van der Waals surface area contributed by atoms with E-state index in [4.69, 9.17) is 0 Å². The second-order valence-electron chi connectivity index (χ2n) is 8.65. The van der Waals surface area contributed by atoms with Crippen molar-refractivity contribution < 1.29 is 4.79 Å². The van der Waals surface area contributed by atoms with E-state index < -0.39 is 6.03 Å². The third-order valence-corrected chi connectivity index (χ3v) is 6.14. The van der Waals surface area contributed by atoms with Gasteiger partial charge in [0, 0.05) is 22.9 Å². The van der Waals surface area contributed by atoms with Crippen LogP contribution in [0.5, 0.6) is 0 Å². The standard InChI is InChI=1S/C29H26N6O2/c1-19-20(2)30-28(33-27(19)36)35-25(18-24(34-35)21-12-6-3-7-13-21)31-29(37)32-26(22-14-8-4-9-15-22)23-16-10-5-11-17-23/h3-18,26H,1-2H3,(H,30,33,36)(H2,31,32,37). The molecule has 5 rings (SSSR count). The van der Waals surface area contributed by atoms with E-state index in [1.807, 2.05) is 91.0 Å². The van der Waals surface area contributed by atoms with E-state index in [-0.39, 0.29) is 17.5 Å². The smallest absolute Gasteiger partial charge is 0.321 e. The molecule has 8 heteroatoms. The van der Waals surface area contributed by atoms with Crippen molar-refractivity contribution in [2.75, 3.05) is 5.32 Å². The Bertz CT molecular complexity index is 1540. The van der Waals surface area contributed by atoms with Crippen LogP contribution in [-0.2, 0) is 0 Å². The Balaban J connectivity index is 1.51. The van der Waals surface area contributed by atoms with Crippen LogP contribution in [0.4, 0.5) is 10.6 Å². The van der Waals surface area contributed by atoms with E-state index in [0.29, 0.717) is 22.8 Å². The lowest BCUT2D eigenvalue weighted by molar-refractivity contribution is 0.250. The molecule has 0 spiro atoms. The van der Waals surface area contributed by atoms with Crippen LogP contribution in [0, 0.1) is 13.8 Å². The summed E-state index contributed by atoms with van der Waals surface area (Å²) in [6.07, 6.45) is 0. The molecule has 5 aromatic rings. The van der Waals surface area contributed by atoms with Crippen molar-refractivity contribution in [1.82, 2.24) is 25.1 Å². The zero-order valence-electron chi connectivity index (χ0n) is 20.5. The highest BCUT2D eigenvalue weighted by Crippen LogP contribution is 2.25. The molecular formula is C29H26N6O2. The van der Waals surface area contributed by atoms with E-state index in [1.54, 1.807) is 19.9 Å². The van der Waals surface area contributed by atoms with E-state index >= 15 is 0 Å². The Kier molecular flexibility index (Phi) is 6.63. The molecule has 2 amide bonds. The third-order valence-electron chi connectivity index (χ3n) is 6.14. The Labute approximate surface area is 214 Å². The average Bonchev–Trinajstić information content (AvgIpc) is 3.35. The third kappa shape index (κ3) is 5.18. The zero-order valence-corrected chi connectivity index (χ0v) is 20.5. The molecule has 2 heterocycles. The normalized spacial score (nSPS) is 10.9. The summed E-state index contributed by atoms with van der Waals surface area (Å²) in [5.41, 5.74) is 4.23. The van der Waals surface area contributed by atoms with Gasteiger partial charge < -0.3 is 5.32 Å². The fourth-order valence-electron chi connectivity index (χ4n) is 4.05. The summed E-state index contributed by atoms with van der Waals surface area (Å²) >= 11 is 0. The van der Waals surface area contributed by atoms with Crippen molar-refractivity contribution >= 4 is 11.8 Å². The van der Waals surface area contributed by atoms with E-state index in [1.165, 1.54) is 4.68 Å². The summed E-state index contributed by atoms with van der Waals surface area (Å²) in [6, 6.07) is 30.1. The summed E-state index contributed by atoms with van der Waals surface area (Å²) in [5, 5.41) is 10.6. The Morgan fingerprint density at radius 3 is 2.00 bits per heavy atom. The number of aryl methyl sites for hydroxylation is 1. The SMILES string of the molecule is Cc1nc(-n2nc(-c3ccccc3)cc2NC(=O)NC(c2ccccc2)c2ccccc2)[nH]c(=O)c1C. The number of nitrogens with zero attached hydrogens (tertiary/aromatic N) is 3. The number of urea groups is 1. The molecule has 0 bridgehead atoms. The number of carbonyl (C=O) groups is 1. The molecule has 184 valence electrons. The van der Waals surface area contributed by atoms with Gasteiger partial charge in [-0.3, -0.25) is 15.1 Å². The number of aromatic amines is 1. The van der Waals surface area contributed by atoms with Gasteiger partial charge in [0.2, 0.25) is 5.95 Å². The summed E-state index contributed by atoms with van der Waals surface area (Å²) in [4.78, 5) is 33.1. The number of amides is 2. The van der Waals surface area contributed by atoms with Gasteiger partial charge in [0.25, 0.3) is 5.56 Å². The number of hydrogen-bond donors (Lipinski definition) is 3. The van der Waals surface area contributed by atoms with Gasteiger partial charge in [-0.25, -0.2) is 9.78 Å². The molecule has 0 atom stereocenters. The number of benzene rings is 3. The Morgan fingerprint density at radius 1 is 0.865 bits per heavy atom. The van der Waals surface area contributed by atoms with Crippen LogP contribution in [0.15, 0.2) is 102 Å². The number of rotatable bonds is 6. The van der Waals surface area contributed by atoms with Crippen molar-refractivity contribution in [1.29, 1.82) is 0 Å². The first-order valence-electron chi connectivity index (χ1n) is 11.9. The molecule has 0 saturated carbocycles. The van der Waals surface area contributed by atoms with Gasteiger partial charge in [-0.15, -0.1) is 0 Å². The quantitative estimate of drug-likeness (QED) is 0.306. The largest absolute Gasteiger partial charge is 0.327 e. The molecule has 0 unspecified atom stereocenters. The minimum Gasteiger partial charge on any atom is -0.327 e. The van der Waals surface area contributed by atoms with Crippen LogP contribution in [0.1, 0.15) is 28.4 Å². The van der Waals surface area contributed by atoms with Gasteiger partial charge in [-0.05, 0) is 25.0 Å². The minimum atomic E-state index is -0.426. The Morgan fingerprint density at radius 2 is 1.43 bits per heavy atom. The maximum Gasteiger partial charge on any atom is 0.321 e. The molecule has 37 heavy (non-hydrogen) atoms. The van der Waals surface area contributed by atoms with Crippen LogP contribution in [0.25, 0.3) is 17.2 Å². The highest BCUT2D eigenvalue weighted by atomic mass is 16.2. The molecule has 0 aliphatic carbocycles. The number of anilines is 1. The van der Waals surface area contributed by atoms with Crippen LogP contribution in [0.2, 0.25) is 0 Å². The topological polar surface area (TPSA) is 105 Å². The summed E-state index contributed by atoms with van der Waals surface area (Å²) < 4.78 is 1.44. The lowest BCUT2D eigenvalue weighted by Gasteiger charge is -2.20. The summed E-state index contributed by atoms with van der Waals surface area (Å²) in [6.45, 7) is 3.48. The highest BCUT2D eigenvalue weighted by Gasteiger charge is 2.20. The van der Waals surface area contributed by atoms with E-state index in [2.05, 4.69) is 25.7 Å². The number of nitrogens with one attached hydrogen (secondary N) is 3. The lowest BCUT2D eigenvalue weighted by Crippen LogP contribution is -2.34. The fourth-order valence-corrected chi connectivity index (χ4v) is 4.05. The molecule has 2 aromatic heterocycles. The van der Waals surface area contributed by atoms with E-state index in [9.17, 15) is 9.59 Å². The summed E-state index contributed by atoms with van der Waals surface area (Å²) in [5.74, 6) is 0.580. The zero-order chi connectivity index (χ0) is 25.8. The molecule has 0 radical (unpaired) electrons. The monoisotopic (exact) mass is 490 g/mol. The summed E-state index contributed by atoms with van der Waals surface area (Å²) in [7, 11) is 0. The molecule has 0 aliphatic rings.